The molecule has 2 aliphatic carbocycles. The minimum absolute atomic E-state index is 0.0589. The topological polar surface area (TPSA) is 89.0 Å². The Hall–Kier alpha value is -0.860. The van der Waals surface area contributed by atoms with Crippen molar-refractivity contribution in [1.82, 2.24) is 10.6 Å². The molecule has 0 radical (unpaired) electrons. The van der Waals surface area contributed by atoms with Crippen molar-refractivity contribution in [2.24, 2.45) is 10.4 Å². The van der Waals surface area contributed by atoms with Crippen molar-refractivity contribution in [3.8, 4) is 0 Å². The lowest BCUT2D eigenvalue weighted by molar-refractivity contribution is -0.168. The van der Waals surface area contributed by atoms with Crippen molar-refractivity contribution in [3.63, 3.8) is 0 Å². The molecular weight excluding hydrogens is 330 g/mol. The summed E-state index contributed by atoms with van der Waals surface area (Å²) in [4.78, 5) is 4.26. The van der Waals surface area contributed by atoms with Crippen LogP contribution < -0.4 is 10.6 Å². The van der Waals surface area contributed by atoms with Gasteiger partial charge in [0.25, 0.3) is 0 Å². The van der Waals surface area contributed by atoms with E-state index >= 15 is 0 Å². The zero-order valence-electron chi connectivity index (χ0n) is 15.0. The third-order valence-corrected chi connectivity index (χ3v) is 6.02. The molecule has 2 rings (SSSR count). The van der Waals surface area contributed by atoms with Gasteiger partial charge < -0.3 is 20.1 Å². The van der Waals surface area contributed by atoms with Gasteiger partial charge >= 0.3 is 0 Å². The lowest BCUT2D eigenvalue weighted by atomic mass is 9.51. The van der Waals surface area contributed by atoms with E-state index in [0.717, 1.165) is 19.0 Å². The number of ether oxygens (including phenoxy) is 2. The maximum atomic E-state index is 11.0. The number of sulfone groups is 1. The van der Waals surface area contributed by atoms with Crippen LogP contribution in [0.15, 0.2) is 4.99 Å². The number of hydrogen-bond donors (Lipinski definition) is 2. The second kappa shape index (κ2) is 8.49. The normalized spacial score (nSPS) is 25.9. The van der Waals surface area contributed by atoms with Gasteiger partial charge in [0.2, 0.25) is 0 Å². The minimum Gasteiger partial charge on any atom is -0.379 e. The smallest absolute Gasteiger partial charge is 0.191 e. The van der Waals surface area contributed by atoms with E-state index in [-0.39, 0.29) is 12.4 Å². The molecule has 2 unspecified atom stereocenters. The number of nitrogens with one attached hydrogen (secondary N) is 2. The summed E-state index contributed by atoms with van der Waals surface area (Å²) in [7, 11) is -1.20. The maximum absolute atomic E-state index is 11.0. The Balaban J connectivity index is 1.66. The fourth-order valence-corrected chi connectivity index (χ4v) is 3.97. The third-order valence-electron chi connectivity index (χ3n) is 5.11. The Morgan fingerprint density at radius 3 is 2.62 bits per heavy atom. The van der Waals surface area contributed by atoms with Crippen LogP contribution in [-0.4, -0.2) is 71.9 Å². The van der Waals surface area contributed by atoms with Gasteiger partial charge in [-0.2, -0.15) is 0 Å². The Morgan fingerprint density at radius 2 is 2.08 bits per heavy atom. The summed E-state index contributed by atoms with van der Waals surface area (Å²) in [6, 6.07) is 0.417. The van der Waals surface area contributed by atoms with Gasteiger partial charge in [-0.05, 0) is 26.2 Å². The highest BCUT2D eigenvalue weighted by atomic mass is 32.2. The summed E-state index contributed by atoms with van der Waals surface area (Å²) < 4.78 is 33.2. The predicted octanol–water partition coefficient (Wildman–Crippen LogP) is 0.560. The van der Waals surface area contributed by atoms with Gasteiger partial charge in [0.05, 0.1) is 25.1 Å². The van der Waals surface area contributed by atoms with Crippen LogP contribution in [0.4, 0.5) is 0 Å². The molecule has 2 fully saturated rings. The molecule has 0 saturated heterocycles. The van der Waals surface area contributed by atoms with E-state index < -0.39 is 9.84 Å². The van der Waals surface area contributed by atoms with Crippen molar-refractivity contribution < 1.29 is 17.9 Å². The number of hydrogen-bond acceptors (Lipinski definition) is 5. The van der Waals surface area contributed by atoms with Crippen LogP contribution in [0.5, 0.6) is 0 Å². The second-order valence-corrected chi connectivity index (χ2v) is 8.96. The summed E-state index contributed by atoms with van der Waals surface area (Å²) in [5, 5.41) is 6.73. The molecule has 24 heavy (non-hydrogen) atoms. The van der Waals surface area contributed by atoms with Crippen LogP contribution in [0.2, 0.25) is 0 Å². The van der Waals surface area contributed by atoms with Crippen LogP contribution in [-0.2, 0) is 19.3 Å². The molecule has 0 aliphatic heterocycles. The van der Waals surface area contributed by atoms with Gasteiger partial charge in [-0.25, -0.2) is 8.42 Å². The van der Waals surface area contributed by atoms with E-state index in [2.05, 4.69) is 22.5 Å². The molecule has 1 spiro atoms. The summed E-state index contributed by atoms with van der Waals surface area (Å²) in [6.45, 7) is 4.11. The first-order valence-electron chi connectivity index (χ1n) is 8.75. The molecule has 2 saturated carbocycles. The van der Waals surface area contributed by atoms with E-state index in [1.165, 1.54) is 25.5 Å². The minimum atomic E-state index is -2.96. The Labute approximate surface area is 145 Å². The lowest BCUT2D eigenvalue weighted by Gasteiger charge is -2.61. The first-order valence-corrected chi connectivity index (χ1v) is 10.8. The highest BCUT2D eigenvalue weighted by Crippen LogP contribution is 2.57. The van der Waals surface area contributed by atoms with Crippen molar-refractivity contribution in [2.45, 2.75) is 44.8 Å². The summed E-state index contributed by atoms with van der Waals surface area (Å²) >= 11 is 0. The van der Waals surface area contributed by atoms with Crippen LogP contribution in [0.25, 0.3) is 0 Å². The summed E-state index contributed by atoms with van der Waals surface area (Å²) in [5.41, 5.74) is 0.291. The SMILES string of the molecule is CCOC1CC(NC(=NC)NCCOCCS(C)(=O)=O)C12CCC2. The van der Waals surface area contributed by atoms with E-state index in [9.17, 15) is 8.42 Å². The summed E-state index contributed by atoms with van der Waals surface area (Å²) in [6.07, 6.45) is 6.35. The van der Waals surface area contributed by atoms with Crippen LogP contribution in [0, 0.1) is 5.41 Å². The molecule has 2 N–H and O–H groups in total. The molecule has 2 aliphatic rings. The second-order valence-electron chi connectivity index (χ2n) is 6.70. The molecule has 8 heteroatoms. The first-order chi connectivity index (χ1) is 11.4. The van der Waals surface area contributed by atoms with E-state index in [0.29, 0.717) is 30.7 Å². The average Bonchev–Trinajstić information content (AvgIpc) is 2.44. The van der Waals surface area contributed by atoms with E-state index in [4.69, 9.17) is 9.47 Å². The standard InChI is InChI=1S/C16H31N3O4S/c1-4-23-14-12-13(16(14)6-5-7-16)19-15(17-2)18-8-9-22-10-11-24(3,20)21/h13-14H,4-12H2,1-3H3,(H2,17,18,19). The average molecular weight is 362 g/mol. The fraction of sp³-hybridized carbons (Fsp3) is 0.938. The molecule has 2 atom stereocenters. The van der Waals surface area contributed by atoms with Gasteiger partial charge in [0.15, 0.2) is 5.96 Å². The Morgan fingerprint density at radius 1 is 1.33 bits per heavy atom. The Kier molecular flexibility index (Phi) is 6.88. The lowest BCUT2D eigenvalue weighted by Crippen LogP contribution is -2.68. The van der Waals surface area contributed by atoms with Crippen LogP contribution in [0.3, 0.4) is 0 Å². The molecule has 0 heterocycles. The third kappa shape index (κ3) is 4.83. The van der Waals surface area contributed by atoms with Crippen molar-refractivity contribution in [1.29, 1.82) is 0 Å². The largest absolute Gasteiger partial charge is 0.379 e. The monoisotopic (exact) mass is 361 g/mol. The molecule has 0 aromatic carbocycles. The van der Waals surface area contributed by atoms with Crippen molar-refractivity contribution >= 4 is 15.8 Å². The Bertz CT molecular complexity index is 531. The van der Waals surface area contributed by atoms with Crippen molar-refractivity contribution in [3.05, 3.63) is 0 Å². The molecule has 7 nitrogen and oxygen atoms in total. The number of rotatable bonds is 9. The van der Waals surface area contributed by atoms with Gasteiger partial charge in [-0.3, -0.25) is 4.99 Å². The molecular formula is C16H31N3O4S. The molecule has 0 aromatic heterocycles. The van der Waals surface area contributed by atoms with Gasteiger partial charge in [-0.1, -0.05) is 6.42 Å². The molecule has 0 bridgehead atoms. The van der Waals surface area contributed by atoms with E-state index in [1.54, 1.807) is 7.05 Å². The first kappa shape index (κ1) is 19.5. The van der Waals surface area contributed by atoms with Gasteiger partial charge in [-0.15, -0.1) is 0 Å². The quantitative estimate of drug-likeness (QED) is 0.354. The zero-order valence-corrected chi connectivity index (χ0v) is 15.8. The highest BCUT2D eigenvalue weighted by Gasteiger charge is 2.59. The molecule has 0 amide bonds. The zero-order chi connectivity index (χ0) is 17.6. The molecule has 140 valence electrons. The van der Waals surface area contributed by atoms with Crippen LogP contribution in [0.1, 0.15) is 32.6 Å². The summed E-state index contributed by atoms with van der Waals surface area (Å²) in [5.74, 6) is 0.830. The van der Waals surface area contributed by atoms with Gasteiger partial charge in [0, 0.05) is 37.9 Å². The van der Waals surface area contributed by atoms with Crippen LogP contribution >= 0.6 is 0 Å². The number of nitrogens with zero attached hydrogens (tertiary/aromatic N) is 1. The number of guanidine groups is 1. The van der Waals surface area contributed by atoms with E-state index in [1.807, 2.05) is 0 Å². The fourth-order valence-electron chi connectivity index (χ4n) is 3.55. The number of aliphatic imine (C=N–C) groups is 1. The van der Waals surface area contributed by atoms with Gasteiger partial charge in [0.1, 0.15) is 9.84 Å². The molecule has 0 aromatic rings. The highest BCUT2D eigenvalue weighted by molar-refractivity contribution is 7.90. The maximum Gasteiger partial charge on any atom is 0.191 e. The predicted molar refractivity (Wildman–Crippen MR) is 95.1 cm³/mol. The van der Waals surface area contributed by atoms with Crippen molar-refractivity contribution in [2.75, 3.05) is 45.4 Å².